The number of nitrogens with zero attached hydrogens (tertiary/aromatic N) is 2. The maximum atomic E-state index is 14.7. The van der Waals surface area contributed by atoms with Crippen LogP contribution in [0.25, 0.3) is 10.4 Å². The maximum absolute atomic E-state index is 14.7. The van der Waals surface area contributed by atoms with E-state index in [-0.39, 0.29) is 35.3 Å². The van der Waals surface area contributed by atoms with Crippen LogP contribution in [0, 0.1) is 17.6 Å². The summed E-state index contributed by atoms with van der Waals surface area (Å²) in [7, 11) is 3.72. The van der Waals surface area contributed by atoms with Crippen LogP contribution in [0.15, 0.2) is 46.9 Å². The van der Waals surface area contributed by atoms with Crippen molar-refractivity contribution in [1.82, 2.24) is 4.90 Å². The van der Waals surface area contributed by atoms with E-state index in [1.165, 1.54) is 17.4 Å². The Kier molecular flexibility index (Phi) is 10.4. The first-order chi connectivity index (χ1) is 18.0. The molecule has 1 heterocycles. The molecule has 6 nitrogen and oxygen atoms in total. The molecule has 204 valence electrons. The third-order valence-electron chi connectivity index (χ3n) is 5.43. The highest BCUT2D eigenvalue weighted by molar-refractivity contribution is 9.10. The summed E-state index contributed by atoms with van der Waals surface area (Å²) in [6.45, 7) is 5.55. The number of thiophene rings is 1. The summed E-state index contributed by atoms with van der Waals surface area (Å²) < 4.78 is 41.2. The van der Waals surface area contributed by atoms with Crippen LogP contribution >= 0.6 is 27.3 Å². The minimum absolute atomic E-state index is 0.0292. The summed E-state index contributed by atoms with van der Waals surface area (Å²) >= 11 is 4.62. The lowest BCUT2D eigenvalue weighted by Gasteiger charge is -2.23. The zero-order valence-electron chi connectivity index (χ0n) is 22.0. The van der Waals surface area contributed by atoms with E-state index in [1.807, 2.05) is 57.1 Å². The van der Waals surface area contributed by atoms with Gasteiger partial charge >= 0.3 is 12.1 Å². The number of carbonyl (C=O) groups is 2. The van der Waals surface area contributed by atoms with E-state index in [4.69, 9.17) is 9.47 Å². The molecule has 38 heavy (non-hydrogen) atoms. The van der Waals surface area contributed by atoms with Gasteiger partial charge in [-0.2, -0.15) is 0 Å². The molecule has 0 spiro atoms. The molecule has 0 aliphatic rings. The number of amides is 1. The van der Waals surface area contributed by atoms with Crippen molar-refractivity contribution >= 4 is 44.3 Å². The number of rotatable bonds is 10. The van der Waals surface area contributed by atoms with Gasteiger partial charge in [0.15, 0.2) is 0 Å². The highest BCUT2D eigenvalue weighted by Gasteiger charge is 2.33. The second kappa shape index (κ2) is 13.3. The standard InChI is InChI=1S/C28H31BrF2N2O4S/c1-6-36-27(34)24-21(14-32(4)5)25(18-10-12-19(29)13-11-18)38-26(24)33(28(35)37-16-17(2)3)15-20-22(30)8-7-9-23(20)31/h7-13,17H,6,14-16H2,1-5H3. The van der Waals surface area contributed by atoms with Gasteiger partial charge in [0.1, 0.15) is 16.6 Å². The van der Waals surface area contributed by atoms with Crippen LogP contribution in [0.3, 0.4) is 0 Å². The lowest BCUT2D eigenvalue weighted by atomic mass is 10.0. The van der Waals surface area contributed by atoms with Crippen molar-refractivity contribution in [3.05, 3.63) is 75.3 Å². The third kappa shape index (κ3) is 7.18. The molecular formula is C28H31BrF2N2O4S. The second-order valence-corrected chi connectivity index (χ2v) is 11.2. The first-order valence-electron chi connectivity index (χ1n) is 12.1. The summed E-state index contributed by atoms with van der Waals surface area (Å²) in [4.78, 5) is 30.6. The fourth-order valence-corrected chi connectivity index (χ4v) is 5.29. The van der Waals surface area contributed by atoms with Crippen molar-refractivity contribution in [2.75, 3.05) is 32.2 Å². The van der Waals surface area contributed by atoms with Crippen LogP contribution in [0.1, 0.15) is 42.3 Å². The number of hydrogen-bond donors (Lipinski definition) is 0. The molecule has 0 unspecified atom stereocenters. The predicted molar refractivity (Wildman–Crippen MR) is 150 cm³/mol. The maximum Gasteiger partial charge on any atom is 0.415 e. The van der Waals surface area contributed by atoms with Crippen LogP contribution in [-0.4, -0.2) is 44.3 Å². The zero-order valence-corrected chi connectivity index (χ0v) is 24.4. The van der Waals surface area contributed by atoms with E-state index in [1.54, 1.807) is 6.92 Å². The van der Waals surface area contributed by atoms with Gasteiger partial charge in [0.2, 0.25) is 0 Å². The average Bonchev–Trinajstić information content (AvgIpc) is 3.21. The number of halogens is 3. The van der Waals surface area contributed by atoms with Gasteiger partial charge in [0.05, 0.1) is 25.3 Å². The molecule has 3 aromatic rings. The molecule has 2 aromatic carbocycles. The quantitative estimate of drug-likeness (QED) is 0.223. The lowest BCUT2D eigenvalue weighted by Crippen LogP contribution is -2.33. The second-order valence-electron chi connectivity index (χ2n) is 9.31. The van der Waals surface area contributed by atoms with Crippen molar-refractivity contribution in [1.29, 1.82) is 0 Å². The topological polar surface area (TPSA) is 59.1 Å². The average molecular weight is 610 g/mol. The summed E-state index contributed by atoms with van der Waals surface area (Å²) in [5.41, 5.74) is 1.32. The largest absolute Gasteiger partial charge is 0.462 e. The van der Waals surface area contributed by atoms with E-state index in [0.29, 0.717) is 12.1 Å². The van der Waals surface area contributed by atoms with Gasteiger partial charge in [0, 0.05) is 27.0 Å². The number of benzene rings is 2. The first-order valence-corrected chi connectivity index (χ1v) is 13.7. The Morgan fingerprint density at radius 1 is 0.974 bits per heavy atom. The molecule has 3 rings (SSSR count). The molecule has 0 N–H and O–H groups in total. The normalized spacial score (nSPS) is 11.2. The molecule has 1 amide bonds. The molecule has 1 aromatic heterocycles. The van der Waals surface area contributed by atoms with Crippen molar-refractivity contribution < 1.29 is 27.8 Å². The summed E-state index contributed by atoms with van der Waals surface area (Å²) in [6.07, 6.45) is -0.813. The first kappa shape index (κ1) is 29.7. The highest BCUT2D eigenvalue weighted by Crippen LogP contribution is 2.44. The van der Waals surface area contributed by atoms with E-state index >= 15 is 0 Å². The Balaban J connectivity index is 2.28. The molecule has 0 aliphatic heterocycles. The fourth-order valence-electron chi connectivity index (χ4n) is 3.73. The molecule has 0 fully saturated rings. The molecule has 0 aliphatic carbocycles. The summed E-state index contributed by atoms with van der Waals surface area (Å²) in [5.74, 6) is -2.21. The Bertz CT molecular complexity index is 1260. The SMILES string of the molecule is CCOC(=O)c1c(N(Cc2c(F)cccc2F)C(=O)OCC(C)C)sc(-c2ccc(Br)cc2)c1CN(C)C. The molecule has 0 saturated heterocycles. The Morgan fingerprint density at radius 2 is 1.61 bits per heavy atom. The minimum Gasteiger partial charge on any atom is -0.462 e. The molecule has 0 bridgehead atoms. The third-order valence-corrected chi connectivity index (χ3v) is 7.27. The van der Waals surface area contributed by atoms with Crippen LogP contribution in [0.4, 0.5) is 18.6 Å². The molecule has 10 heteroatoms. The van der Waals surface area contributed by atoms with Crippen molar-refractivity contribution in [2.45, 2.75) is 33.9 Å². The van der Waals surface area contributed by atoms with Crippen LogP contribution in [0.2, 0.25) is 0 Å². The Labute approximate surface area is 234 Å². The molecular weight excluding hydrogens is 578 g/mol. The number of esters is 1. The number of carbonyl (C=O) groups excluding carboxylic acids is 2. The fraction of sp³-hybridized carbons (Fsp3) is 0.357. The highest BCUT2D eigenvalue weighted by atomic mass is 79.9. The van der Waals surface area contributed by atoms with Gasteiger partial charge < -0.3 is 14.4 Å². The van der Waals surface area contributed by atoms with E-state index in [2.05, 4.69) is 15.9 Å². The Morgan fingerprint density at radius 3 is 2.16 bits per heavy atom. The number of ether oxygens (including phenoxy) is 2. The summed E-state index contributed by atoms with van der Waals surface area (Å²) in [5, 5.41) is 0.203. The summed E-state index contributed by atoms with van der Waals surface area (Å²) in [6, 6.07) is 11.1. The number of hydrogen-bond acceptors (Lipinski definition) is 6. The Hall–Kier alpha value is -2.82. The lowest BCUT2D eigenvalue weighted by molar-refractivity contribution is 0.0526. The zero-order chi connectivity index (χ0) is 28.0. The van der Waals surface area contributed by atoms with E-state index in [0.717, 1.165) is 31.9 Å². The van der Waals surface area contributed by atoms with Crippen LogP contribution < -0.4 is 4.90 Å². The molecule has 0 radical (unpaired) electrons. The predicted octanol–water partition coefficient (Wildman–Crippen LogP) is 7.49. The minimum atomic E-state index is -0.813. The van der Waals surface area contributed by atoms with E-state index < -0.39 is 30.2 Å². The van der Waals surface area contributed by atoms with Gasteiger partial charge in [0.25, 0.3) is 0 Å². The van der Waals surface area contributed by atoms with Crippen molar-refractivity contribution in [3.8, 4) is 10.4 Å². The monoisotopic (exact) mass is 608 g/mol. The van der Waals surface area contributed by atoms with Gasteiger partial charge in [-0.15, -0.1) is 11.3 Å². The van der Waals surface area contributed by atoms with Crippen molar-refractivity contribution in [3.63, 3.8) is 0 Å². The number of anilines is 1. The van der Waals surface area contributed by atoms with Crippen LogP contribution in [-0.2, 0) is 22.6 Å². The van der Waals surface area contributed by atoms with Gasteiger partial charge in [-0.25, -0.2) is 18.4 Å². The van der Waals surface area contributed by atoms with Crippen molar-refractivity contribution in [2.24, 2.45) is 5.92 Å². The molecule has 0 saturated carbocycles. The van der Waals surface area contributed by atoms with E-state index in [9.17, 15) is 18.4 Å². The molecule has 0 atom stereocenters. The van der Waals surface area contributed by atoms with Gasteiger partial charge in [-0.1, -0.05) is 48.0 Å². The smallest absolute Gasteiger partial charge is 0.415 e. The van der Waals surface area contributed by atoms with Gasteiger partial charge in [-0.05, 0) is 56.8 Å². The van der Waals surface area contributed by atoms with Gasteiger partial charge in [-0.3, -0.25) is 4.90 Å². The van der Waals surface area contributed by atoms with Crippen LogP contribution in [0.5, 0.6) is 0 Å².